The highest BCUT2D eigenvalue weighted by atomic mass is 16.2. The van der Waals surface area contributed by atoms with Crippen molar-refractivity contribution >= 4 is 11.8 Å². The van der Waals surface area contributed by atoms with E-state index in [4.69, 9.17) is 0 Å². The molecule has 0 saturated carbocycles. The number of hydrogen-bond acceptors (Lipinski definition) is 3. The maximum atomic E-state index is 13.4. The molecule has 1 aromatic rings. The molecule has 0 aliphatic carbocycles. The molecule has 1 aromatic carbocycles. The van der Waals surface area contributed by atoms with Gasteiger partial charge < -0.3 is 9.80 Å². The highest BCUT2D eigenvalue weighted by Gasteiger charge is 2.46. The average Bonchev–Trinajstić information content (AvgIpc) is 3.34. The normalized spacial score (nSPS) is 33.1. The molecule has 3 aliphatic heterocycles. The topological polar surface area (TPSA) is 64.4 Å². The van der Waals surface area contributed by atoms with E-state index in [-0.39, 0.29) is 41.7 Å². The molecule has 0 bridgehead atoms. The number of fused-ring (bicyclic) bond motifs is 1. The van der Waals surface area contributed by atoms with Crippen molar-refractivity contribution in [2.75, 3.05) is 13.1 Å². The van der Waals surface area contributed by atoms with Gasteiger partial charge in [-0.2, -0.15) is 5.26 Å². The molecule has 2 amide bonds. The van der Waals surface area contributed by atoms with Gasteiger partial charge in [0.25, 0.3) is 0 Å². The molecule has 0 unspecified atom stereocenters. The van der Waals surface area contributed by atoms with Crippen molar-refractivity contribution in [3.8, 4) is 6.07 Å². The molecule has 3 aliphatic rings. The number of likely N-dealkylation sites (tertiary alicyclic amines) is 1. The predicted octanol–water partition coefficient (Wildman–Crippen LogP) is 3.32. The molecular weight excluding hydrogens is 350 g/mol. The average molecular weight is 380 g/mol. The summed E-state index contributed by atoms with van der Waals surface area (Å²) in [6.07, 6.45) is 5.84. The zero-order valence-electron chi connectivity index (χ0n) is 16.6. The summed E-state index contributed by atoms with van der Waals surface area (Å²) < 4.78 is 0. The van der Waals surface area contributed by atoms with Gasteiger partial charge in [0.2, 0.25) is 11.8 Å². The molecule has 0 radical (unpaired) electrons. The van der Waals surface area contributed by atoms with Gasteiger partial charge >= 0.3 is 0 Å². The fourth-order valence-corrected chi connectivity index (χ4v) is 5.31. The Balaban J connectivity index is 1.53. The van der Waals surface area contributed by atoms with Crippen molar-refractivity contribution in [2.45, 2.75) is 63.5 Å². The fraction of sp³-hybridized carbons (Fsp3) is 0.609. The number of hydrogen-bond donors (Lipinski definition) is 0. The second-order valence-corrected chi connectivity index (χ2v) is 8.67. The van der Waals surface area contributed by atoms with Crippen molar-refractivity contribution in [3.05, 3.63) is 35.9 Å². The monoisotopic (exact) mass is 379 g/mol. The number of benzene rings is 1. The van der Waals surface area contributed by atoms with Crippen molar-refractivity contribution in [1.82, 2.24) is 9.80 Å². The first-order valence-corrected chi connectivity index (χ1v) is 10.7. The summed E-state index contributed by atoms with van der Waals surface area (Å²) in [5, 5.41) is 9.64. The minimum atomic E-state index is -0.341. The third-order valence-corrected chi connectivity index (χ3v) is 6.91. The van der Waals surface area contributed by atoms with Crippen LogP contribution in [0.4, 0.5) is 0 Å². The van der Waals surface area contributed by atoms with Crippen LogP contribution in [-0.2, 0) is 9.59 Å². The molecule has 0 aromatic heterocycles. The van der Waals surface area contributed by atoms with E-state index in [1.807, 2.05) is 47.1 Å². The summed E-state index contributed by atoms with van der Waals surface area (Å²) in [5.41, 5.74) is 1.12. The number of nitrogens with zero attached hydrogens (tertiary/aromatic N) is 3. The van der Waals surface area contributed by atoms with E-state index in [2.05, 4.69) is 6.07 Å². The van der Waals surface area contributed by atoms with Crippen molar-refractivity contribution in [3.63, 3.8) is 0 Å². The Kier molecular flexibility index (Phi) is 5.39. The molecule has 3 saturated heterocycles. The Hall–Kier alpha value is -2.35. The molecule has 5 nitrogen and oxygen atoms in total. The van der Waals surface area contributed by atoms with E-state index < -0.39 is 0 Å². The van der Waals surface area contributed by atoms with Crippen LogP contribution in [0.1, 0.15) is 56.9 Å². The highest BCUT2D eigenvalue weighted by Crippen LogP contribution is 2.37. The van der Waals surface area contributed by atoms with Crippen LogP contribution in [0.15, 0.2) is 30.3 Å². The molecular formula is C23H29N3O2. The van der Waals surface area contributed by atoms with Crippen molar-refractivity contribution in [2.24, 2.45) is 11.8 Å². The minimum absolute atomic E-state index is 0.00120. The van der Waals surface area contributed by atoms with Gasteiger partial charge in [-0.15, -0.1) is 0 Å². The van der Waals surface area contributed by atoms with E-state index in [0.717, 1.165) is 44.1 Å². The zero-order chi connectivity index (χ0) is 19.7. The van der Waals surface area contributed by atoms with Crippen LogP contribution >= 0.6 is 0 Å². The first kappa shape index (κ1) is 19.0. The van der Waals surface area contributed by atoms with Crippen LogP contribution in [0, 0.1) is 23.2 Å². The largest absolute Gasteiger partial charge is 0.339 e. The molecule has 3 heterocycles. The lowest BCUT2D eigenvalue weighted by Crippen LogP contribution is -2.51. The minimum Gasteiger partial charge on any atom is -0.339 e. The lowest BCUT2D eigenvalue weighted by Gasteiger charge is -2.35. The number of rotatable bonds is 2. The number of amides is 2. The lowest BCUT2D eigenvalue weighted by atomic mass is 9.90. The maximum Gasteiger partial charge on any atom is 0.245 e. The molecule has 3 fully saturated rings. The van der Waals surface area contributed by atoms with E-state index in [1.54, 1.807) is 0 Å². The summed E-state index contributed by atoms with van der Waals surface area (Å²) >= 11 is 0. The predicted molar refractivity (Wildman–Crippen MR) is 106 cm³/mol. The highest BCUT2D eigenvalue weighted by molar-refractivity contribution is 5.89. The van der Waals surface area contributed by atoms with Gasteiger partial charge in [-0.25, -0.2) is 0 Å². The van der Waals surface area contributed by atoms with E-state index in [9.17, 15) is 14.9 Å². The van der Waals surface area contributed by atoms with E-state index >= 15 is 0 Å². The summed E-state index contributed by atoms with van der Waals surface area (Å²) in [6.45, 7) is 3.03. The molecule has 148 valence electrons. The lowest BCUT2D eigenvalue weighted by molar-refractivity contribution is -0.147. The second-order valence-electron chi connectivity index (χ2n) is 8.67. The number of carbonyl (C=O) groups is 2. The van der Waals surface area contributed by atoms with Crippen LogP contribution < -0.4 is 0 Å². The van der Waals surface area contributed by atoms with Crippen LogP contribution in [0.3, 0.4) is 0 Å². The number of carbonyl (C=O) groups excluding carboxylic acids is 2. The van der Waals surface area contributed by atoms with Crippen LogP contribution in [0.25, 0.3) is 0 Å². The Morgan fingerprint density at radius 2 is 1.82 bits per heavy atom. The zero-order valence-corrected chi connectivity index (χ0v) is 16.6. The molecule has 0 N–H and O–H groups in total. The summed E-state index contributed by atoms with van der Waals surface area (Å²) in [7, 11) is 0. The van der Waals surface area contributed by atoms with Gasteiger partial charge in [0.15, 0.2) is 0 Å². The van der Waals surface area contributed by atoms with Crippen LogP contribution in [-0.4, -0.2) is 46.8 Å². The quantitative estimate of drug-likeness (QED) is 0.792. The van der Waals surface area contributed by atoms with Crippen molar-refractivity contribution in [1.29, 1.82) is 5.26 Å². The SMILES string of the molecule is C[C@H]1CCCC[C@H]2CC[C@@H](C(=O)N3C[C@@H](C#N)[C@H](c4ccccc4)C3)N2C1=O. The van der Waals surface area contributed by atoms with E-state index in [0.29, 0.717) is 13.1 Å². The van der Waals surface area contributed by atoms with Crippen molar-refractivity contribution < 1.29 is 9.59 Å². The Morgan fingerprint density at radius 1 is 1.07 bits per heavy atom. The Bertz CT molecular complexity index is 772. The first-order chi connectivity index (χ1) is 13.6. The molecule has 4 rings (SSSR count). The van der Waals surface area contributed by atoms with Crippen LogP contribution in [0.2, 0.25) is 0 Å². The summed E-state index contributed by atoms with van der Waals surface area (Å²) in [5.74, 6) is 0.0528. The standard InChI is InChI=1S/C23H29N3O2/c1-16-7-5-6-10-19-11-12-21(26(19)22(16)27)23(28)25-14-18(13-24)20(15-25)17-8-3-2-4-9-17/h2-4,8-9,16,18-21H,5-7,10-12,14-15H2,1H3/t16-,18+,19-,20-,21-/m0/s1. The molecule has 28 heavy (non-hydrogen) atoms. The number of nitriles is 1. The molecule has 5 heteroatoms. The maximum absolute atomic E-state index is 13.4. The third kappa shape index (κ3) is 3.41. The van der Waals surface area contributed by atoms with Gasteiger partial charge in [-0.05, 0) is 31.2 Å². The second kappa shape index (κ2) is 7.95. The summed E-state index contributed by atoms with van der Waals surface area (Å²) in [6, 6.07) is 12.3. The van der Waals surface area contributed by atoms with Crippen LogP contribution in [0.5, 0.6) is 0 Å². The van der Waals surface area contributed by atoms with Gasteiger partial charge in [-0.1, -0.05) is 50.1 Å². The molecule has 0 spiro atoms. The van der Waals surface area contributed by atoms with E-state index in [1.165, 1.54) is 0 Å². The van der Waals surface area contributed by atoms with Gasteiger partial charge in [0.05, 0.1) is 12.0 Å². The Labute approximate surface area is 167 Å². The Morgan fingerprint density at radius 3 is 2.57 bits per heavy atom. The van der Waals surface area contributed by atoms with Gasteiger partial charge in [0, 0.05) is 31.0 Å². The van der Waals surface area contributed by atoms with Gasteiger partial charge in [0.1, 0.15) is 6.04 Å². The van der Waals surface area contributed by atoms with Gasteiger partial charge in [-0.3, -0.25) is 9.59 Å². The third-order valence-electron chi connectivity index (χ3n) is 6.91. The first-order valence-electron chi connectivity index (χ1n) is 10.7. The smallest absolute Gasteiger partial charge is 0.245 e. The molecule has 5 atom stereocenters. The summed E-state index contributed by atoms with van der Waals surface area (Å²) in [4.78, 5) is 30.2. The fourth-order valence-electron chi connectivity index (χ4n) is 5.31.